The first-order valence-corrected chi connectivity index (χ1v) is 6.66. The lowest BCUT2D eigenvalue weighted by Gasteiger charge is -2.24. The molecule has 0 saturated heterocycles. The van der Waals surface area contributed by atoms with Gasteiger partial charge >= 0.3 is 0 Å². The van der Waals surface area contributed by atoms with Crippen LogP contribution in [-0.4, -0.2) is 11.3 Å². The predicted molar refractivity (Wildman–Crippen MR) is 70.1 cm³/mol. The van der Waals surface area contributed by atoms with Crippen molar-refractivity contribution < 1.29 is 4.39 Å². The van der Waals surface area contributed by atoms with Crippen molar-refractivity contribution in [1.29, 1.82) is 0 Å². The van der Waals surface area contributed by atoms with Crippen LogP contribution in [0.5, 0.6) is 0 Å². The lowest BCUT2D eigenvalue weighted by atomic mass is 10.1. The first kappa shape index (κ1) is 13.5. The lowest BCUT2D eigenvalue weighted by Crippen LogP contribution is -2.24. The van der Waals surface area contributed by atoms with Crippen molar-refractivity contribution in [3.8, 4) is 0 Å². The molecule has 0 aliphatic heterocycles. The average Bonchev–Trinajstić information content (AvgIpc) is 2.26. The summed E-state index contributed by atoms with van der Waals surface area (Å²) >= 11 is 1.76. The molecule has 0 saturated carbocycles. The third-order valence-corrected chi connectivity index (χ3v) is 4.42. The maximum atomic E-state index is 13.7. The van der Waals surface area contributed by atoms with Crippen LogP contribution in [0.1, 0.15) is 38.0 Å². The molecule has 90 valence electrons. The van der Waals surface area contributed by atoms with Crippen LogP contribution in [0.4, 0.5) is 4.39 Å². The SMILES string of the molecule is CCC(C)SC(c1ccccc1F)C(C)N. The van der Waals surface area contributed by atoms with Crippen molar-refractivity contribution in [2.24, 2.45) is 5.73 Å². The van der Waals surface area contributed by atoms with Crippen LogP contribution in [0.25, 0.3) is 0 Å². The first-order valence-electron chi connectivity index (χ1n) is 5.71. The van der Waals surface area contributed by atoms with E-state index in [-0.39, 0.29) is 17.1 Å². The molecule has 0 aliphatic carbocycles. The zero-order chi connectivity index (χ0) is 12.1. The average molecular weight is 241 g/mol. The molecule has 0 heterocycles. The molecule has 1 aromatic carbocycles. The number of rotatable bonds is 5. The molecular formula is C13H20FNS. The van der Waals surface area contributed by atoms with Gasteiger partial charge in [0.1, 0.15) is 5.82 Å². The van der Waals surface area contributed by atoms with Gasteiger partial charge in [-0.15, -0.1) is 11.8 Å². The summed E-state index contributed by atoms with van der Waals surface area (Å²) in [6, 6.07) is 6.87. The van der Waals surface area contributed by atoms with Gasteiger partial charge in [0.15, 0.2) is 0 Å². The summed E-state index contributed by atoms with van der Waals surface area (Å²) in [5.41, 5.74) is 6.68. The van der Waals surface area contributed by atoms with Crippen LogP contribution in [0.3, 0.4) is 0 Å². The van der Waals surface area contributed by atoms with E-state index in [4.69, 9.17) is 5.73 Å². The standard InChI is InChI=1S/C13H20FNS/c1-4-9(2)16-13(10(3)15)11-7-5-6-8-12(11)14/h5-10,13H,4,15H2,1-3H3. The fourth-order valence-corrected chi connectivity index (χ4v) is 2.81. The second-order valence-electron chi connectivity index (χ2n) is 4.16. The highest BCUT2D eigenvalue weighted by molar-refractivity contribution is 8.00. The number of hydrogen-bond acceptors (Lipinski definition) is 2. The van der Waals surface area contributed by atoms with E-state index in [0.29, 0.717) is 5.25 Å². The molecule has 1 rings (SSSR count). The lowest BCUT2D eigenvalue weighted by molar-refractivity contribution is 0.591. The molecule has 3 heteroatoms. The maximum absolute atomic E-state index is 13.7. The van der Waals surface area contributed by atoms with Gasteiger partial charge < -0.3 is 5.73 Å². The van der Waals surface area contributed by atoms with Crippen molar-refractivity contribution in [1.82, 2.24) is 0 Å². The van der Waals surface area contributed by atoms with Gasteiger partial charge in [-0.3, -0.25) is 0 Å². The Morgan fingerprint density at radius 1 is 1.31 bits per heavy atom. The molecule has 0 fully saturated rings. The summed E-state index contributed by atoms with van der Waals surface area (Å²) in [4.78, 5) is 0. The number of halogens is 1. The molecule has 3 atom stereocenters. The second kappa shape index (κ2) is 6.26. The Labute approximate surface area is 102 Å². The molecule has 0 amide bonds. The molecule has 1 aromatic rings. The van der Waals surface area contributed by atoms with Gasteiger partial charge in [-0.1, -0.05) is 32.0 Å². The van der Waals surface area contributed by atoms with E-state index in [1.54, 1.807) is 17.8 Å². The smallest absolute Gasteiger partial charge is 0.127 e. The van der Waals surface area contributed by atoms with Gasteiger partial charge in [-0.25, -0.2) is 4.39 Å². The van der Waals surface area contributed by atoms with Gasteiger partial charge in [0.05, 0.1) is 0 Å². The van der Waals surface area contributed by atoms with E-state index in [9.17, 15) is 4.39 Å². The van der Waals surface area contributed by atoms with Gasteiger partial charge in [0, 0.05) is 22.1 Å². The van der Waals surface area contributed by atoms with Crippen LogP contribution in [0, 0.1) is 5.82 Å². The molecular weight excluding hydrogens is 221 g/mol. The van der Waals surface area contributed by atoms with E-state index >= 15 is 0 Å². The van der Waals surface area contributed by atoms with Crippen LogP contribution < -0.4 is 5.73 Å². The monoisotopic (exact) mass is 241 g/mol. The molecule has 2 N–H and O–H groups in total. The normalized spacial score (nSPS) is 16.8. The van der Waals surface area contributed by atoms with Gasteiger partial charge in [0.2, 0.25) is 0 Å². The first-order chi connectivity index (χ1) is 7.56. The topological polar surface area (TPSA) is 26.0 Å². The Morgan fingerprint density at radius 2 is 1.94 bits per heavy atom. The van der Waals surface area contributed by atoms with Crippen molar-refractivity contribution in [3.05, 3.63) is 35.6 Å². The third kappa shape index (κ3) is 3.49. The highest BCUT2D eigenvalue weighted by atomic mass is 32.2. The largest absolute Gasteiger partial charge is 0.327 e. The molecule has 3 unspecified atom stereocenters. The summed E-state index contributed by atoms with van der Waals surface area (Å²) in [7, 11) is 0. The molecule has 1 nitrogen and oxygen atoms in total. The van der Waals surface area contributed by atoms with Crippen LogP contribution in [0.2, 0.25) is 0 Å². The van der Waals surface area contributed by atoms with Crippen molar-refractivity contribution >= 4 is 11.8 Å². The molecule has 16 heavy (non-hydrogen) atoms. The van der Waals surface area contributed by atoms with Crippen molar-refractivity contribution in [2.75, 3.05) is 0 Å². The summed E-state index contributed by atoms with van der Waals surface area (Å²) in [6.07, 6.45) is 1.07. The number of nitrogens with two attached hydrogens (primary N) is 1. The summed E-state index contributed by atoms with van der Waals surface area (Å²) < 4.78 is 13.7. The van der Waals surface area contributed by atoms with E-state index in [2.05, 4.69) is 13.8 Å². The summed E-state index contributed by atoms with van der Waals surface area (Å²) in [5.74, 6) is -0.152. The minimum absolute atomic E-state index is 0.0381. The highest BCUT2D eigenvalue weighted by Gasteiger charge is 2.21. The molecule has 0 radical (unpaired) electrons. The Balaban J connectivity index is 2.90. The summed E-state index contributed by atoms with van der Waals surface area (Å²) in [6.45, 7) is 6.23. The Kier molecular flexibility index (Phi) is 5.29. The van der Waals surface area contributed by atoms with Crippen LogP contribution >= 0.6 is 11.8 Å². The van der Waals surface area contributed by atoms with Crippen LogP contribution in [0.15, 0.2) is 24.3 Å². The molecule has 0 spiro atoms. The van der Waals surface area contributed by atoms with Crippen molar-refractivity contribution in [2.45, 2.75) is 43.7 Å². The van der Waals surface area contributed by atoms with Crippen LogP contribution in [-0.2, 0) is 0 Å². The molecule has 0 aromatic heterocycles. The minimum Gasteiger partial charge on any atom is -0.327 e. The van der Waals surface area contributed by atoms with E-state index < -0.39 is 0 Å². The second-order valence-corrected chi connectivity index (χ2v) is 5.74. The van der Waals surface area contributed by atoms with Gasteiger partial charge in [-0.2, -0.15) is 0 Å². The van der Waals surface area contributed by atoms with E-state index in [1.807, 2.05) is 19.1 Å². The Morgan fingerprint density at radius 3 is 2.44 bits per heavy atom. The number of hydrogen-bond donors (Lipinski definition) is 1. The van der Waals surface area contributed by atoms with Gasteiger partial charge in [0.25, 0.3) is 0 Å². The Bertz CT molecular complexity index is 327. The van der Waals surface area contributed by atoms with Gasteiger partial charge in [-0.05, 0) is 19.4 Å². The van der Waals surface area contributed by atoms with Crippen molar-refractivity contribution in [3.63, 3.8) is 0 Å². The summed E-state index contributed by atoms with van der Waals surface area (Å²) in [5, 5.41) is 0.534. The maximum Gasteiger partial charge on any atom is 0.127 e. The molecule has 0 aliphatic rings. The quantitative estimate of drug-likeness (QED) is 0.849. The van der Waals surface area contributed by atoms with E-state index in [0.717, 1.165) is 12.0 Å². The third-order valence-electron chi connectivity index (χ3n) is 2.64. The predicted octanol–water partition coefficient (Wildman–Crippen LogP) is 3.75. The zero-order valence-electron chi connectivity index (χ0n) is 10.1. The molecule has 0 bridgehead atoms. The van der Waals surface area contributed by atoms with E-state index in [1.165, 1.54) is 6.07 Å². The number of thioether (sulfide) groups is 1. The number of benzene rings is 1. The Hall–Kier alpha value is -0.540. The zero-order valence-corrected chi connectivity index (χ0v) is 10.9. The minimum atomic E-state index is -0.152. The fraction of sp³-hybridized carbons (Fsp3) is 0.538. The highest BCUT2D eigenvalue weighted by Crippen LogP contribution is 2.36. The fourth-order valence-electron chi connectivity index (χ4n) is 1.53.